The Balaban J connectivity index is 1.24. The predicted octanol–water partition coefficient (Wildman–Crippen LogP) is 12.6. The lowest BCUT2D eigenvalue weighted by Crippen LogP contribution is -2.43. The molecule has 1 aromatic heterocycles. The summed E-state index contributed by atoms with van der Waals surface area (Å²) in [7, 11) is 0. The van der Waals surface area contributed by atoms with E-state index in [9.17, 15) is 0 Å². The van der Waals surface area contributed by atoms with Crippen LogP contribution in [0.4, 0.5) is 17.1 Å². The largest absolute Gasteiger partial charge is 0.456 e. The van der Waals surface area contributed by atoms with Gasteiger partial charge in [-0.1, -0.05) is 114 Å². The van der Waals surface area contributed by atoms with Crippen LogP contribution < -0.4 is 4.90 Å². The summed E-state index contributed by atoms with van der Waals surface area (Å²) >= 11 is 0. The van der Waals surface area contributed by atoms with Gasteiger partial charge in [0.15, 0.2) is 0 Å². The number of para-hydroxylation sites is 1. The number of fused-ring (bicyclic) bond motifs is 9. The zero-order chi connectivity index (χ0) is 32.3. The molecule has 6 aromatic carbocycles. The van der Waals surface area contributed by atoms with Gasteiger partial charge in [-0.2, -0.15) is 0 Å². The molecule has 7 aromatic rings. The molecule has 230 valence electrons. The van der Waals surface area contributed by atoms with E-state index in [1.165, 1.54) is 49.9 Å². The van der Waals surface area contributed by atoms with E-state index >= 15 is 0 Å². The van der Waals surface area contributed by atoms with Crippen molar-refractivity contribution in [3.05, 3.63) is 150 Å². The summed E-state index contributed by atoms with van der Waals surface area (Å²) in [6.45, 7) is 14.3. The minimum Gasteiger partial charge on any atom is -0.456 e. The third-order valence-electron chi connectivity index (χ3n) is 11.8. The van der Waals surface area contributed by atoms with E-state index in [4.69, 9.17) is 4.42 Å². The normalized spacial score (nSPS) is 16.4. The van der Waals surface area contributed by atoms with Gasteiger partial charge < -0.3 is 9.32 Å². The smallest absolute Gasteiger partial charge is 0.136 e. The van der Waals surface area contributed by atoms with E-state index in [2.05, 4.69) is 174 Å². The molecule has 1 heterocycles. The van der Waals surface area contributed by atoms with Gasteiger partial charge in [0.1, 0.15) is 11.2 Å². The van der Waals surface area contributed by atoms with Crippen molar-refractivity contribution in [1.29, 1.82) is 0 Å². The first kappa shape index (κ1) is 28.2. The number of nitrogens with zero attached hydrogens (tertiary/aromatic N) is 1. The van der Waals surface area contributed by atoms with E-state index in [-0.39, 0.29) is 16.2 Å². The monoisotopic (exact) mass is 609 g/mol. The molecule has 0 aliphatic heterocycles. The SMILES string of the molecule is CC1(C)c2ccccc2-c2ccc(N(c3ccccc3)c3ccc4oc5cc6c(cc5c4c3)C(C)(C)C(C)(C)c3ccccc3-6)cc21. The molecular formula is C45H39NO. The Bertz CT molecular complexity index is 2390. The zero-order valence-corrected chi connectivity index (χ0v) is 28.0. The Hall–Kier alpha value is -5.08. The van der Waals surface area contributed by atoms with Crippen molar-refractivity contribution in [2.75, 3.05) is 4.90 Å². The van der Waals surface area contributed by atoms with Crippen molar-refractivity contribution in [3.63, 3.8) is 0 Å². The first-order valence-corrected chi connectivity index (χ1v) is 16.8. The second-order valence-electron chi connectivity index (χ2n) is 15.0. The van der Waals surface area contributed by atoms with E-state index in [1.807, 2.05) is 0 Å². The molecule has 0 saturated carbocycles. The maximum absolute atomic E-state index is 6.60. The van der Waals surface area contributed by atoms with Gasteiger partial charge in [0, 0.05) is 33.2 Å². The summed E-state index contributed by atoms with van der Waals surface area (Å²) in [4.78, 5) is 2.39. The fourth-order valence-electron chi connectivity index (χ4n) is 8.48. The van der Waals surface area contributed by atoms with Crippen LogP contribution in [0.25, 0.3) is 44.2 Å². The van der Waals surface area contributed by atoms with Crippen LogP contribution in [0, 0.1) is 0 Å². The van der Waals surface area contributed by atoms with Crippen LogP contribution in [0.5, 0.6) is 0 Å². The van der Waals surface area contributed by atoms with Crippen molar-refractivity contribution in [1.82, 2.24) is 0 Å². The molecule has 0 atom stereocenters. The van der Waals surface area contributed by atoms with Gasteiger partial charge in [-0.25, -0.2) is 0 Å². The number of rotatable bonds is 3. The highest BCUT2D eigenvalue weighted by atomic mass is 16.3. The predicted molar refractivity (Wildman–Crippen MR) is 197 cm³/mol. The molecule has 9 rings (SSSR count). The molecule has 0 radical (unpaired) electrons. The van der Waals surface area contributed by atoms with Gasteiger partial charge >= 0.3 is 0 Å². The highest BCUT2D eigenvalue weighted by Crippen LogP contribution is 2.55. The molecule has 2 aliphatic carbocycles. The van der Waals surface area contributed by atoms with Gasteiger partial charge in [-0.05, 0) is 110 Å². The summed E-state index contributed by atoms with van der Waals surface area (Å²) in [6, 6.07) is 46.8. The van der Waals surface area contributed by atoms with Gasteiger partial charge in [0.05, 0.1) is 0 Å². The topological polar surface area (TPSA) is 16.4 Å². The summed E-state index contributed by atoms with van der Waals surface area (Å²) in [5, 5.41) is 2.31. The lowest BCUT2D eigenvalue weighted by atomic mass is 9.55. The molecule has 0 amide bonds. The lowest BCUT2D eigenvalue weighted by Gasteiger charge is -2.48. The van der Waals surface area contributed by atoms with E-state index in [0.717, 1.165) is 33.6 Å². The van der Waals surface area contributed by atoms with Crippen LogP contribution in [0.2, 0.25) is 0 Å². The van der Waals surface area contributed by atoms with Crippen LogP contribution in [0.3, 0.4) is 0 Å². The standard InChI is InChI=1S/C45H39NO/c1-43(2)37-18-12-10-16-31(37)33-22-20-30(25-39(33)43)46(28-14-8-7-9-15-28)29-21-23-41-35(24-29)36-26-40-34(27-42(36)47-41)32-17-11-13-19-38(32)44(3,4)45(40,5)6/h7-27H,1-6H3. The van der Waals surface area contributed by atoms with Crippen LogP contribution in [0.1, 0.15) is 63.8 Å². The molecule has 0 bridgehead atoms. The molecule has 0 N–H and O–H groups in total. The first-order valence-electron chi connectivity index (χ1n) is 16.8. The summed E-state index contributed by atoms with van der Waals surface area (Å²) in [6.07, 6.45) is 0. The maximum Gasteiger partial charge on any atom is 0.136 e. The second kappa shape index (κ2) is 9.48. The number of furan rings is 1. The second-order valence-corrected chi connectivity index (χ2v) is 15.0. The number of anilines is 3. The molecule has 0 spiro atoms. The molecule has 2 heteroatoms. The van der Waals surface area contributed by atoms with Crippen LogP contribution in [-0.4, -0.2) is 0 Å². The van der Waals surface area contributed by atoms with Crippen molar-refractivity contribution in [2.45, 2.75) is 57.8 Å². The molecular weight excluding hydrogens is 571 g/mol. The van der Waals surface area contributed by atoms with Crippen molar-refractivity contribution in [3.8, 4) is 22.3 Å². The fraction of sp³-hybridized carbons (Fsp3) is 0.200. The van der Waals surface area contributed by atoms with Crippen LogP contribution in [0.15, 0.2) is 132 Å². The third-order valence-corrected chi connectivity index (χ3v) is 11.8. The maximum atomic E-state index is 6.60. The lowest BCUT2D eigenvalue weighted by molar-refractivity contribution is 0.299. The van der Waals surface area contributed by atoms with Gasteiger partial charge in [-0.15, -0.1) is 0 Å². The highest BCUT2D eigenvalue weighted by molar-refractivity contribution is 6.08. The van der Waals surface area contributed by atoms with E-state index in [1.54, 1.807) is 0 Å². The molecule has 0 saturated heterocycles. The molecule has 0 fully saturated rings. The van der Waals surface area contributed by atoms with E-state index in [0.29, 0.717) is 0 Å². The Morgan fingerprint density at radius 3 is 1.74 bits per heavy atom. The minimum absolute atomic E-state index is 0.0277. The summed E-state index contributed by atoms with van der Waals surface area (Å²) in [5.74, 6) is 0. The zero-order valence-electron chi connectivity index (χ0n) is 28.0. The summed E-state index contributed by atoms with van der Waals surface area (Å²) in [5.41, 5.74) is 15.9. The van der Waals surface area contributed by atoms with E-state index < -0.39 is 0 Å². The highest BCUT2D eigenvalue weighted by Gasteiger charge is 2.46. The number of hydrogen-bond acceptors (Lipinski definition) is 2. The van der Waals surface area contributed by atoms with Crippen molar-refractivity contribution >= 4 is 39.0 Å². The Morgan fingerprint density at radius 2 is 0.979 bits per heavy atom. The average molecular weight is 610 g/mol. The number of benzene rings is 6. The van der Waals surface area contributed by atoms with Crippen molar-refractivity contribution in [2.24, 2.45) is 0 Å². The van der Waals surface area contributed by atoms with Gasteiger partial charge in [-0.3, -0.25) is 0 Å². The fourth-order valence-corrected chi connectivity index (χ4v) is 8.48. The van der Waals surface area contributed by atoms with Crippen LogP contribution >= 0.6 is 0 Å². The Kier molecular flexibility index (Phi) is 5.68. The molecule has 2 nitrogen and oxygen atoms in total. The molecule has 47 heavy (non-hydrogen) atoms. The average Bonchev–Trinajstić information content (AvgIpc) is 3.55. The van der Waals surface area contributed by atoms with Crippen molar-refractivity contribution < 1.29 is 4.42 Å². The van der Waals surface area contributed by atoms with Gasteiger partial charge in [0.25, 0.3) is 0 Å². The Morgan fingerprint density at radius 1 is 0.404 bits per heavy atom. The van der Waals surface area contributed by atoms with Gasteiger partial charge in [0.2, 0.25) is 0 Å². The molecule has 2 aliphatic rings. The minimum atomic E-state index is -0.0761. The molecule has 0 unspecified atom stereocenters. The third kappa shape index (κ3) is 3.79. The Labute approximate surface area is 277 Å². The van der Waals surface area contributed by atoms with Crippen LogP contribution in [-0.2, 0) is 16.2 Å². The number of hydrogen-bond donors (Lipinski definition) is 0. The first-order chi connectivity index (χ1) is 22.6. The summed E-state index contributed by atoms with van der Waals surface area (Å²) < 4.78 is 6.60. The quantitative estimate of drug-likeness (QED) is 0.198.